The first-order valence-electron chi connectivity index (χ1n) is 10.6. The second-order valence-corrected chi connectivity index (χ2v) is 7.38. The molecule has 0 radical (unpaired) electrons. The highest BCUT2D eigenvalue weighted by atomic mass is 16.7. The van der Waals surface area contributed by atoms with Crippen molar-refractivity contribution in [2.75, 3.05) is 13.2 Å². The summed E-state index contributed by atoms with van der Waals surface area (Å²) in [7, 11) is 0. The van der Waals surface area contributed by atoms with Gasteiger partial charge in [0.15, 0.2) is 0 Å². The molecule has 1 atom stereocenters. The Morgan fingerprint density at radius 3 is 1.86 bits per heavy atom. The molecule has 0 aliphatic carbocycles. The summed E-state index contributed by atoms with van der Waals surface area (Å²) in [6, 6.07) is 0. The first-order chi connectivity index (χ1) is 13.3. The zero-order valence-corrected chi connectivity index (χ0v) is 17.1. The van der Waals surface area contributed by atoms with E-state index in [1.807, 2.05) is 0 Å². The molecule has 28 heavy (non-hydrogen) atoms. The quantitative estimate of drug-likeness (QED) is 0.0968. The molecular formula is C21H40O7. The summed E-state index contributed by atoms with van der Waals surface area (Å²) in [6.45, 7) is -0.538. The van der Waals surface area contributed by atoms with Crippen molar-refractivity contribution in [1.29, 1.82) is 0 Å². The highest BCUT2D eigenvalue weighted by Gasteiger charge is 2.16. The summed E-state index contributed by atoms with van der Waals surface area (Å²) < 4.78 is 4.84. The van der Waals surface area contributed by atoms with Crippen LogP contribution in [-0.4, -0.2) is 56.8 Å². The summed E-state index contributed by atoms with van der Waals surface area (Å²) >= 11 is 0. The maximum atomic E-state index is 11.4. The maximum Gasteiger partial charge on any atom is 0.305 e. The summed E-state index contributed by atoms with van der Waals surface area (Å²) in [5, 5.41) is 44.0. The van der Waals surface area contributed by atoms with Crippen molar-refractivity contribution in [2.24, 2.45) is 0 Å². The molecule has 0 rings (SSSR count). The van der Waals surface area contributed by atoms with E-state index < -0.39 is 18.7 Å². The van der Waals surface area contributed by atoms with Crippen molar-refractivity contribution in [1.82, 2.24) is 0 Å². The van der Waals surface area contributed by atoms with Crippen molar-refractivity contribution in [3.8, 4) is 0 Å². The van der Waals surface area contributed by atoms with E-state index >= 15 is 0 Å². The summed E-state index contributed by atoms with van der Waals surface area (Å²) in [5.41, 5.74) is 0. The van der Waals surface area contributed by atoms with E-state index in [0.29, 0.717) is 12.8 Å². The molecule has 7 nitrogen and oxygen atoms in total. The molecule has 0 saturated heterocycles. The number of ether oxygens (including phenoxy) is 1. The van der Waals surface area contributed by atoms with Crippen LogP contribution in [0.5, 0.6) is 0 Å². The molecule has 0 aliphatic rings. The van der Waals surface area contributed by atoms with Gasteiger partial charge in [-0.3, -0.25) is 4.79 Å². The van der Waals surface area contributed by atoms with Crippen LogP contribution in [0, 0.1) is 0 Å². The number of allylic oxidation sites excluding steroid dienone is 2. The lowest BCUT2D eigenvalue weighted by atomic mass is 10.1. The molecule has 0 saturated carbocycles. The molecule has 0 spiro atoms. The Balaban J connectivity index is 3.27. The number of rotatable bonds is 19. The lowest BCUT2D eigenvalue weighted by molar-refractivity contribution is -0.315. The van der Waals surface area contributed by atoms with Crippen molar-refractivity contribution < 1.29 is 35.1 Å². The van der Waals surface area contributed by atoms with Crippen molar-refractivity contribution in [2.45, 2.75) is 102 Å². The monoisotopic (exact) mass is 404 g/mol. The van der Waals surface area contributed by atoms with Gasteiger partial charge in [0.25, 0.3) is 5.97 Å². The lowest BCUT2D eigenvalue weighted by Crippen LogP contribution is -2.26. The van der Waals surface area contributed by atoms with Crippen LogP contribution in [0.2, 0.25) is 0 Å². The molecule has 0 heterocycles. The van der Waals surface area contributed by atoms with Crippen LogP contribution < -0.4 is 0 Å². The van der Waals surface area contributed by atoms with Gasteiger partial charge in [0, 0.05) is 12.8 Å². The third-order valence-corrected chi connectivity index (χ3v) is 4.45. The van der Waals surface area contributed by atoms with Gasteiger partial charge in [-0.25, -0.2) is 0 Å². The standard InChI is InChI=1S/C21H40O7/c22-17-19(23)18-28-20(24)15-13-11-9-7-5-3-1-2-4-6-8-10-12-14-16-21(25,26)27/h1-2,19,22-23,25-27H,3-18H2. The van der Waals surface area contributed by atoms with Crippen LogP contribution in [0.25, 0.3) is 0 Å². The van der Waals surface area contributed by atoms with Crippen LogP contribution >= 0.6 is 0 Å². The largest absolute Gasteiger partial charge is 0.463 e. The Bertz CT molecular complexity index is 391. The first kappa shape index (κ1) is 27.0. The van der Waals surface area contributed by atoms with Crippen LogP contribution in [0.15, 0.2) is 12.2 Å². The van der Waals surface area contributed by atoms with E-state index in [9.17, 15) is 4.79 Å². The van der Waals surface area contributed by atoms with Crippen molar-refractivity contribution >= 4 is 5.97 Å². The van der Waals surface area contributed by atoms with Gasteiger partial charge >= 0.3 is 5.97 Å². The smallest absolute Gasteiger partial charge is 0.305 e. The van der Waals surface area contributed by atoms with Gasteiger partial charge in [-0.15, -0.1) is 0 Å². The van der Waals surface area contributed by atoms with Gasteiger partial charge in [-0.1, -0.05) is 50.7 Å². The normalized spacial score (nSPS) is 13.2. The minimum atomic E-state index is -2.51. The Hall–Kier alpha value is -0.990. The predicted molar refractivity (Wildman–Crippen MR) is 107 cm³/mol. The molecule has 0 amide bonds. The number of aliphatic hydroxyl groups is 5. The van der Waals surface area contributed by atoms with E-state index in [4.69, 9.17) is 30.3 Å². The fraction of sp³-hybridized carbons (Fsp3) is 0.857. The van der Waals surface area contributed by atoms with Crippen LogP contribution in [0.4, 0.5) is 0 Å². The average molecular weight is 405 g/mol. The number of esters is 1. The summed E-state index contributed by atoms with van der Waals surface area (Å²) in [6.07, 6.45) is 15.9. The number of aliphatic hydroxyl groups excluding tert-OH is 2. The Morgan fingerprint density at radius 1 is 0.821 bits per heavy atom. The Kier molecular flexibility index (Phi) is 17.4. The average Bonchev–Trinajstić information content (AvgIpc) is 2.64. The second-order valence-electron chi connectivity index (χ2n) is 7.38. The predicted octanol–water partition coefficient (Wildman–Crippen LogP) is 2.53. The minimum Gasteiger partial charge on any atom is -0.463 e. The number of unbranched alkanes of at least 4 members (excludes halogenated alkanes) is 10. The zero-order chi connectivity index (χ0) is 21.1. The zero-order valence-electron chi connectivity index (χ0n) is 17.1. The van der Waals surface area contributed by atoms with Gasteiger partial charge in [-0.2, -0.15) is 0 Å². The molecule has 5 N–H and O–H groups in total. The fourth-order valence-corrected chi connectivity index (χ4v) is 2.77. The molecular weight excluding hydrogens is 364 g/mol. The SMILES string of the molecule is O=C(CCCCCCCC=CCCCCCCCC(O)(O)O)OCC(O)CO. The van der Waals surface area contributed by atoms with Gasteiger partial charge in [0.1, 0.15) is 12.7 Å². The van der Waals surface area contributed by atoms with Crippen LogP contribution in [0.1, 0.15) is 89.9 Å². The molecule has 0 aliphatic heterocycles. The topological polar surface area (TPSA) is 127 Å². The molecule has 166 valence electrons. The number of hydrogen-bond donors (Lipinski definition) is 5. The third-order valence-electron chi connectivity index (χ3n) is 4.45. The molecule has 0 aromatic rings. The minimum absolute atomic E-state index is 0.00570. The highest BCUT2D eigenvalue weighted by Crippen LogP contribution is 2.12. The van der Waals surface area contributed by atoms with E-state index in [1.165, 1.54) is 0 Å². The molecule has 0 aromatic heterocycles. The van der Waals surface area contributed by atoms with E-state index in [2.05, 4.69) is 12.2 Å². The second kappa shape index (κ2) is 18.1. The van der Waals surface area contributed by atoms with Gasteiger partial charge in [-0.05, 0) is 38.5 Å². The summed E-state index contributed by atoms with van der Waals surface area (Å²) in [4.78, 5) is 11.4. The molecule has 0 bridgehead atoms. The summed E-state index contributed by atoms with van der Waals surface area (Å²) in [5.74, 6) is -2.83. The van der Waals surface area contributed by atoms with Crippen molar-refractivity contribution in [3.63, 3.8) is 0 Å². The van der Waals surface area contributed by atoms with Gasteiger partial charge in [0.05, 0.1) is 6.61 Å². The molecule has 7 heteroatoms. The van der Waals surface area contributed by atoms with Crippen molar-refractivity contribution in [3.05, 3.63) is 12.2 Å². The highest BCUT2D eigenvalue weighted by molar-refractivity contribution is 5.69. The van der Waals surface area contributed by atoms with Gasteiger partial charge in [0.2, 0.25) is 0 Å². The number of carbonyl (C=O) groups is 1. The molecule has 0 aromatic carbocycles. The molecule has 0 fully saturated rings. The Morgan fingerprint density at radius 2 is 1.32 bits per heavy atom. The maximum absolute atomic E-state index is 11.4. The van der Waals surface area contributed by atoms with E-state index in [-0.39, 0.29) is 19.0 Å². The Labute approximate surface area is 169 Å². The number of hydrogen-bond acceptors (Lipinski definition) is 7. The molecule has 1 unspecified atom stereocenters. The van der Waals surface area contributed by atoms with Crippen LogP contribution in [0.3, 0.4) is 0 Å². The number of carbonyl (C=O) groups excluding carboxylic acids is 1. The van der Waals surface area contributed by atoms with Gasteiger partial charge < -0.3 is 30.3 Å². The van der Waals surface area contributed by atoms with E-state index in [1.54, 1.807) is 0 Å². The fourth-order valence-electron chi connectivity index (χ4n) is 2.77. The first-order valence-corrected chi connectivity index (χ1v) is 10.6. The lowest BCUT2D eigenvalue weighted by Gasteiger charge is -2.12. The van der Waals surface area contributed by atoms with E-state index in [0.717, 1.165) is 70.6 Å². The third kappa shape index (κ3) is 21.3. The van der Waals surface area contributed by atoms with Crippen LogP contribution in [-0.2, 0) is 9.53 Å².